The minimum absolute atomic E-state index is 0.280. The summed E-state index contributed by atoms with van der Waals surface area (Å²) in [6.45, 7) is 0.767. The molecule has 0 N–H and O–H groups in total. The van der Waals surface area contributed by atoms with Gasteiger partial charge in [-0.1, -0.05) is 0 Å². The summed E-state index contributed by atoms with van der Waals surface area (Å²) >= 11 is 10.7. The highest BCUT2D eigenvalue weighted by atomic mass is 79.9. The largest absolute Gasteiger partial charge is 0.385 e. The van der Waals surface area contributed by atoms with Crippen molar-refractivity contribution in [1.82, 2.24) is 9.97 Å². The third-order valence-corrected chi connectivity index (χ3v) is 3.52. The lowest BCUT2D eigenvalue weighted by atomic mass is 10.5. The molecule has 0 saturated heterocycles. The SMILES string of the molecule is COCCCSc1nc(Cl)ncc1Br. The molecule has 0 aliphatic heterocycles. The standard InChI is InChI=1S/C8H10BrClN2OS/c1-13-3-2-4-14-7-6(9)5-11-8(10)12-7/h5H,2-4H2,1H3. The maximum atomic E-state index is 5.68. The Morgan fingerprint density at radius 3 is 3.14 bits per heavy atom. The van der Waals surface area contributed by atoms with Gasteiger partial charge in [0, 0.05) is 25.7 Å². The van der Waals surface area contributed by atoms with Crippen molar-refractivity contribution in [3.63, 3.8) is 0 Å². The third kappa shape index (κ3) is 4.13. The van der Waals surface area contributed by atoms with Gasteiger partial charge in [-0.15, -0.1) is 11.8 Å². The highest BCUT2D eigenvalue weighted by Crippen LogP contribution is 2.25. The number of hydrogen-bond acceptors (Lipinski definition) is 4. The van der Waals surface area contributed by atoms with Crippen molar-refractivity contribution in [1.29, 1.82) is 0 Å². The Hall–Kier alpha value is 0.160. The van der Waals surface area contributed by atoms with Crippen molar-refractivity contribution in [2.75, 3.05) is 19.5 Å². The minimum Gasteiger partial charge on any atom is -0.385 e. The van der Waals surface area contributed by atoms with E-state index in [1.807, 2.05) is 0 Å². The number of methoxy groups -OCH3 is 1. The van der Waals surface area contributed by atoms with E-state index >= 15 is 0 Å². The van der Waals surface area contributed by atoms with Gasteiger partial charge in [-0.3, -0.25) is 0 Å². The predicted octanol–water partition coefficient (Wildman–Crippen LogP) is 3.02. The molecule has 1 aromatic rings. The molecule has 0 spiro atoms. The third-order valence-electron chi connectivity index (χ3n) is 1.41. The van der Waals surface area contributed by atoms with E-state index in [4.69, 9.17) is 16.3 Å². The monoisotopic (exact) mass is 296 g/mol. The van der Waals surface area contributed by atoms with E-state index in [1.165, 1.54) is 0 Å². The van der Waals surface area contributed by atoms with Gasteiger partial charge in [0.1, 0.15) is 5.03 Å². The van der Waals surface area contributed by atoms with Gasteiger partial charge in [-0.2, -0.15) is 0 Å². The number of aromatic nitrogens is 2. The molecule has 0 aliphatic rings. The zero-order chi connectivity index (χ0) is 10.4. The molecule has 1 aromatic heterocycles. The molecule has 1 rings (SSSR count). The van der Waals surface area contributed by atoms with E-state index in [0.29, 0.717) is 0 Å². The first-order valence-electron chi connectivity index (χ1n) is 4.04. The van der Waals surface area contributed by atoms with Gasteiger partial charge in [-0.25, -0.2) is 9.97 Å². The van der Waals surface area contributed by atoms with E-state index in [0.717, 1.165) is 28.3 Å². The Morgan fingerprint density at radius 1 is 1.64 bits per heavy atom. The Morgan fingerprint density at radius 2 is 2.43 bits per heavy atom. The van der Waals surface area contributed by atoms with Crippen LogP contribution in [0.1, 0.15) is 6.42 Å². The number of halogens is 2. The number of thioether (sulfide) groups is 1. The van der Waals surface area contributed by atoms with E-state index in [-0.39, 0.29) is 5.28 Å². The highest BCUT2D eigenvalue weighted by Gasteiger charge is 2.03. The van der Waals surface area contributed by atoms with Crippen molar-refractivity contribution in [2.24, 2.45) is 0 Å². The van der Waals surface area contributed by atoms with Gasteiger partial charge in [0.2, 0.25) is 5.28 Å². The Balaban J connectivity index is 2.45. The van der Waals surface area contributed by atoms with Crippen LogP contribution >= 0.6 is 39.3 Å². The molecule has 0 aliphatic carbocycles. The fourth-order valence-corrected chi connectivity index (χ4v) is 2.32. The Labute approximate surface area is 101 Å². The molecule has 14 heavy (non-hydrogen) atoms. The number of ether oxygens (including phenoxy) is 1. The van der Waals surface area contributed by atoms with Crippen molar-refractivity contribution in [3.8, 4) is 0 Å². The average Bonchev–Trinajstić information content (AvgIpc) is 2.18. The molecule has 0 bridgehead atoms. The predicted molar refractivity (Wildman–Crippen MR) is 62.0 cm³/mol. The summed E-state index contributed by atoms with van der Waals surface area (Å²) in [5, 5.41) is 1.16. The van der Waals surface area contributed by atoms with Gasteiger partial charge >= 0.3 is 0 Å². The Kier molecular flexibility index (Phi) is 5.77. The molecule has 0 fully saturated rings. The number of rotatable bonds is 5. The summed E-state index contributed by atoms with van der Waals surface area (Å²) in [5.74, 6) is 0.958. The maximum absolute atomic E-state index is 5.68. The van der Waals surface area contributed by atoms with Crippen LogP contribution in [0.25, 0.3) is 0 Å². The Bertz CT molecular complexity index is 301. The molecule has 0 amide bonds. The van der Waals surface area contributed by atoms with Crippen molar-refractivity contribution < 1.29 is 4.74 Å². The molecular formula is C8H10BrClN2OS. The summed E-state index contributed by atoms with van der Waals surface area (Å²) in [5.41, 5.74) is 0. The van der Waals surface area contributed by atoms with E-state index in [1.54, 1.807) is 25.1 Å². The summed E-state index contributed by atoms with van der Waals surface area (Å²) < 4.78 is 5.83. The van der Waals surface area contributed by atoms with Crippen LogP contribution in [0.4, 0.5) is 0 Å². The molecule has 1 heterocycles. The summed E-state index contributed by atoms with van der Waals surface area (Å²) in [6, 6.07) is 0. The van der Waals surface area contributed by atoms with Crippen LogP contribution < -0.4 is 0 Å². The van der Waals surface area contributed by atoms with Crippen molar-refractivity contribution >= 4 is 39.3 Å². The van der Waals surface area contributed by atoms with Gasteiger partial charge in [0.15, 0.2) is 0 Å². The molecule has 0 radical (unpaired) electrons. The van der Waals surface area contributed by atoms with Crippen molar-refractivity contribution in [2.45, 2.75) is 11.4 Å². The van der Waals surface area contributed by atoms with Crippen LogP contribution in [0, 0.1) is 0 Å². The normalized spacial score (nSPS) is 10.5. The first-order valence-corrected chi connectivity index (χ1v) is 6.19. The summed E-state index contributed by atoms with van der Waals surface area (Å²) in [4.78, 5) is 7.95. The van der Waals surface area contributed by atoms with Gasteiger partial charge < -0.3 is 4.74 Å². The molecule has 78 valence electrons. The molecule has 0 unspecified atom stereocenters. The fraction of sp³-hybridized carbons (Fsp3) is 0.500. The quantitative estimate of drug-likeness (QED) is 0.362. The van der Waals surface area contributed by atoms with Crippen LogP contribution in [0.15, 0.2) is 15.7 Å². The second kappa shape index (κ2) is 6.61. The molecule has 3 nitrogen and oxygen atoms in total. The van der Waals surface area contributed by atoms with Gasteiger partial charge in [0.25, 0.3) is 0 Å². The zero-order valence-corrected chi connectivity index (χ0v) is 10.8. The van der Waals surface area contributed by atoms with Crippen LogP contribution in [0.5, 0.6) is 0 Å². The first kappa shape index (κ1) is 12.2. The smallest absolute Gasteiger partial charge is 0.223 e. The van der Waals surface area contributed by atoms with Crippen LogP contribution in [-0.2, 0) is 4.74 Å². The minimum atomic E-state index is 0.280. The highest BCUT2D eigenvalue weighted by molar-refractivity contribution is 9.10. The molecule has 0 atom stereocenters. The van der Waals surface area contributed by atoms with Crippen LogP contribution in [0.2, 0.25) is 5.28 Å². The lowest BCUT2D eigenvalue weighted by Crippen LogP contribution is -1.92. The van der Waals surface area contributed by atoms with E-state index in [2.05, 4.69) is 25.9 Å². The van der Waals surface area contributed by atoms with Crippen LogP contribution in [0.3, 0.4) is 0 Å². The second-order valence-electron chi connectivity index (χ2n) is 2.49. The maximum Gasteiger partial charge on any atom is 0.223 e. The van der Waals surface area contributed by atoms with Crippen LogP contribution in [-0.4, -0.2) is 29.4 Å². The topological polar surface area (TPSA) is 35.0 Å². The summed E-state index contributed by atoms with van der Waals surface area (Å²) in [6.07, 6.45) is 2.66. The number of nitrogens with zero attached hydrogens (tertiary/aromatic N) is 2. The number of hydrogen-bond donors (Lipinski definition) is 0. The molecule has 0 aromatic carbocycles. The zero-order valence-electron chi connectivity index (χ0n) is 7.67. The van der Waals surface area contributed by atoms with Gasteiger partial charge in [0.05, 0.1) is 4.47 Å². The molecule has 0 saturated carbocycles. The molecular weight excluding hydrogens is 288 g/mol. The van der Waals surface area contributed by atoms with E-state index in [9.17, 15) is 0 Å². The summed E-state index contributed by atoms with van der Waals surface area (Å²) in [7, 11) is 1.70. The average molecular weight is 298 g/mol. The van der Waals surface area contributed by atoms with Gasteiger partial charge in [-0.05, 0) is 34.0 Å². The lowest BCUT2D eigenvalue weighted by Gasteiger charge is -2.02. The first-order chi connectivity index (χ1) is 6.74. The fourth-order valence-electron chi connectivity index (χ4n) is 0.805. The molecule has 6 heteroatoms. The van der Waals surface area contributed by atoms with E-state index < -0.39 is 0 Å². The van der Waals surface area contributed by atoms with Crippen molar-refractivity contribution in [3.05, 3.63) is 16.0 Å². The lowest BCUT2D eigenvalue weighted by molar-refractivity contribution is 0.200. The second-order valence-corrected chi connectivity index (χ2v) is 4.76.